The molecule has 15 heavy (non-hydrogen) atoms. The van der Waals surface area contributed by atoms with Crippen molar-refractivity contribution in [3.05, 3.63) is 23.4 Å². The Bertz CT molecular complexity index is 294. The fraction of sp³-hybridized carbons (Fsp3) is 0.545. The van der Waals surface area contributed by atoms with Crippen LogP contribution in [0.4, 0.5) is 0 Å². The van der Waals surface area contributed by atoms with Crippen molar-refractivity contribution < 1.29 is 14.6 Å². The lowest BCUT2D eigenvalue weighted by Crippen LogP contribution is -2.22. The average Bonchev–Trinajstić information content (AvgIpc) is 2.14. The van der Waals surface area contributed by atoms with Gasteiger partial charge >= 0.3 is 0 Å². The highest BCUT2D eigenvalue weighted by Crippen LogP contribution is 2.11. The monoisotopic (exact) mass is 211 g/mol. The van der Waals surface area contributed by atoms with Crippen LogP contribution < -0.4 is 4.74 Å². The molecule has 84 valence electrons. The molecule has 0 aliphatic heterocycles. The molecule has 4 nitrogen and oxygen atoms in total. The molecule has 0 saturated carbocycles. The Hall–Kier alpha value is -1.13. The molecule has 4 heteroatoms. The minimum atomic E-state index is -0.613. The SMILES string of the molecule is COCC(O)COc1cc(C)cc(C)n1. The van der Waals surface area contributed by atoms with Gasteiger partial charge in [-0.25, -0.2) is 4.98 Å². The van der Waals surface area contributed by atoms with Gasteiger partial charge in [0.15, 0.2) is 0 Å². The summed E-state index contributed by atoms with van der Waals surface area (Å²) in [6, 6.07) is 3.81. The molecule has 0 aliphatic rings. The molecule has 0 bridgehead atoms. The van der Waals surface area contributed by atoms with Crippen LogP contribution >= 0.6 is 0 Å². The second-order valence-electron chi connectivity index (χ2n) is 3.54. The first-order chi connectivity index (χ1) is 7.11. The van der Waals surface area contributed by atoms with E-state index in [1.54, 1.807) is 0 Å². The zero-order valence-electron chi connectivity index (χ0n) is 9.36. The minimum absolute atomic E-state index is 0.198. The number of aliphatic hydroxyl groups is 1. The van der Waals surface area contributed by atoms with E-state index in [9.17, 15) is 5.11 Å². The summed E-state index contributed by atoms with van der Waals surface area (Å²) in [4.78, 5) is 4.19. The van der Waals surface area contributed by atoms with Crippen molar-refractivity contribution in [1.82, 2.24) is 4.98 Å². The summed E-state index contributed by atoms with van der Waals surface area (Å²) in [6.07, 6.45) is -0.613. The van der Waals surface area contributed by atoms with E-state index in [2.05, 4.69) is 4.98 Å². The van der Waals surface area contributed by atoms with Gasteiger partial charge in [0.05, 0.1) is 6.61 Å². The summed E-state index contributed by atoms with van der Waals surface area (Å²) in [5.74, 6) is 0.544. The van der Waals surface area contributed by atoms with Gasteiger partial charge in [0, 0.05) is 18.9 Å². The maximum Gasteiger partial charge on any atom is 0.213 e. The van der Waals surface area contributed by atoms with Crippen LogP contribution in [0.5, 0.6) is 5.88 Å². The third-order valence-electron chi connectivity index (χ3n) is 1.86. The van der Waals surface area contributed by atoms with E-state index in [1.165, 1.54) is 7.11 Å². The van der Waals surface area contributed by atoms with E-state index in [-0.39, 0.29) is 13.2 Å². The third kappa shape index (κ3) is 4.27. The molecule has 1 N–H and O–H groups in total. The van der Waals surface area contributed by atoms with Gasteiger partial charge in [-0.1, -0.05) is 0 Å². The van der Waals surface area contributed by atoms with Gasteiger partial charge in [0.25, 0.3) is 0 Å². The highest BCUT2D eigenvalue weighted by Gasteiger charge is 2.05. The minimum Gasteiger partial charge on any atom is -0.475 e. The van der Waals surface area contributed by atoms with Crippen molar-refractivity contribution in [2.45, 2.75) is 20.0 Å². The fourth-order valence-electron chi connectivity index (χ4n) is 1.30. The number of pyridine rings is 1. The molecule has 1 unspecified atom stereocenters. The summed E-state index contributed by atoms with van der Waals surface area (Å²) in [6.45, 7) is 4.35. The molecule has 0 fully saturated rings. The van der Waals surface area contributed by atoms with Crippen molar-refractivity contribution in [2.24, 2.45) is 0 Å². The van der Waals surface area contributed by atoms with Crippen LogP contribution in [0.1, 0.15) is 11.3 Å². The molecule has 0 aliphatic carbocycles. The normalized spacial score (nSPS) is 12.5. The number of methoxy groups -OCH3 is 1. The molecule has 0 aromatic carbocycles. The molecular formula is C11H17NO3. The molecule has 1 rings (SSSR count). The number of aromatic nitrogens is 1. The molecule has 0 saturated heterocycles. The molecule has 0 spiro atoms. The third-order valence-corrected chi connectivity index (χ3v) is 1.86. The van der Waals surface area contributed by atoms with E-state index in [1.807, 2.05) is 26.0 Å². The highest BCUT2D eigenvalue weighted by molar-refractivity contribution is 5.23. The molecule has 1 atom stereocenters. The lowest BCUT2D eigenvalue weighted by molar-refractivity contribution is 0.0313. The second kappa shape index (κ2) is 5.68. The highest BCUT2D eigenvalue weighted by atomic mass is 16.5. The van der Waals surface area contributed by atoms with Crippen molar-refractivity contribution in [2.75, 3.05) is 20.3 Å². The van der Waals surface area contributed by atoms with Crippen LogP contribution in [-0.4, -0.2) is 36.5 Å². The lowest BCUT2D eigenvalue weighted by Gasteiger charge is -2.11. The maximum absolute atomic E-state index is 9.37. The Morgan fingerprint density at radius 2 is 2.07 bits per heavy atom. The predicted octanol–water partition coefficient (Wildman–Crippen LogP) is 1.08. The summed E-state index contributed by atoms with van der Waals surface area (Å²) in [5, 5.41) is 9.37. The van der Waals surface area contributed by atoms with Gasteiger partial charge in [0.1, 0.15) is 12.7 Å². The van der Waals surface area contributed by atoms with Crippen LogP contribution in [0.2, 0.25) is 0 Å². The predicted molar refractivity (Wildman–Crippen MR) is 57.1 cm³/mol. The number of ether oxygens (including phenoxy) is 2. The Labute approximate surface area is 89.9 Å². The van der Waals surface area contributed by atoms with Crippen LogP contribution in [0.15, 0.2) is 12.1 Å². The van der Waals surface area contributed by atoms with Gasteiger partial charge in [-0.05, 0) is 25.5 Å². The second-order valence-corrected chi connectivity index (χ2v) is 3.54. The Morgan fingerprint density at radius 3 is 2.67 bits per heavy atom. The van der Waals surface area contributed by atoms with Crippen LogP contribution in [0.3, 0.4) is 0 Å². The standard InChI is InChI=1S/C11H17NO3/c1-8-4-9(2)12-11(5-8)15-7-10(13)6-14-3/h4-5,10,13H,6-7H2,1-3H3. The Morgan fingerprint density at radius 1 is 1.33 bits per heavy atom. The fourth-order valence-corrected chi connectivity index (χ4v) is 1.30. The molecular weight excluding hydrogens is 194 g/mol. The smallest absolute Gasteiger partial charge is 0.213 e. The van der Waals surface area contributed by atoms with E-state index < -0.39 is 6.10 Å². The molecule has 0 radical (unpaired) electrons. The topological polar surface area (TPSA) is 51.6 Å². The van der Waals surface area contributed by atoms with Gasteiger partial charge in [-0.3, -0.25) is 0 Å². The molecule has 1 heterocycles. The number of hydrogen-bond acceptors (Lipinski definition) is 4. The number of nitrogens with zero attached hydrogens (tertiary/aromatic N) is 1. The van der Waals surface area contributed by atoms with Crippen LogP contribution in [0.25, 0.3) is 0 Å². The average molecular weight is 211 g/mol. The van der Waals surface area contributed by atoms with Gasteiger partial charge < -0.3 is 14.6 Å². The van der Waals surface area contributed by atoms with E-state index in [0.29, 0.717) is 5.88 Å². The summed E-state index contributed by atoms with van der Waals surface area (Å²) in [7, 11) is 1.54. The summed E-state index contributed by atoms with van der Waals surface area (Å²) in [5.41, 5.74) is 2.00. The Balaban J connectivity index is 2.50. The van der Waals surface area contributed by atoms with E-state index >= 15 is 0 Å². The van der Waals surface area contributed by atoms with Gasteiger partial charge in [-0.2, -0.15) is 0 Å². The van der Waals surface area contributed by atoms with Crippen molar-refractivity contribution >= 4 is 0 Å². The number of hydrogen-bond donors (Lipinski definition) is 1. The Kier molecular flexibility index (Phi) is 4.52. The number of rotatable bonds is 5. The first kappa shape index (κ1) is 11.9. The van der Waals surface area contributed by atoms with E-state index in [0.717, 1.165) is 11.3 Å². The first-order valence-electron chi connectivity index (χ1n) is 4.87. The van der Waals surface area contributed by atoms with Gasteiger partial charge in [-0.15, -0.1) is 0 Å². The summed E-state index contributed by atoms with van der Waals surface area (Å²) < 4.78 is 10.1. The maximum atomic E-state index is 9.37. The van der Waals surface area contributed by atoms with Crippen molar-refractivity contribution in [1.29, 1.82) is 0 Å². The van der Waals surface area contributed by atoms with Crippen molar-refractivity contribution in [3.8, 4) is 5.88 Å². The lowest BCUT2D eigenvalue weighted by atomic mass is 10.2. The number of aryl methyl sites for hydroxylation is 2. The van der Waals surface area contributed by atoms with Gasteiger partial charge in [0.2, 0.25) is 5.88 Å². The van der Waals surface area contributed by atoms with E-state index in [4.69, 9.17) is 9.47 Å². The number of aliphatic hydroxyl groups excluding tert-OH is 1. The zero-order chi connectivity index (χ0) is 11.3. The largest absolute Gasteiger partial charge is 0.475 e. The van der Waals surface area contributed by atoms with Crippen LogP contribution in [0, 0.1) is 13.8 Å². The quantitative estimate of drug-likeness (QED) is 0.792. The molecule has 1 aromatic rings. The first-order valence-corrected chi connectivity index (χ1v) is 4.87. The zero-order valence-corrected chi connectivity index (χ0v) is 9.36. The molecule has 1 aromatic heterocycles. The molecule has 0 amide bonds. The van der Waals surface area contributed by atoms with Crippen molar-refractivity contribution in [3.63, 3.8) is 0 Å². The van der Waals surface area contributed by atoms with Crippen LogP contribution in [-0.2, 0) is 4.74 Å². The summed E-state index contributed by atoms with van der Waals surface area (Å²) >= 11 is 0.